The first-order valence-electron chi connectivity index (χ1n) is 6.95. The second-order valence-corrected chi connectivity index (χ2v) is 9.29. The highest BCUT2D eigenvalue weighted by Crippen LogP contribution is 2.26. The van der Waals surface area contributed by atoms with E-state index in [1.54, 1.807) is 26.1 Å². The van der Waals surface area contributed by atoms with E-state index >= 15 is 0 Å². The number of thiazole rings is 1. The number of nitrogens with zero attached hydrogens (tertiary/aromatic N) is 2. The zero-order chi connectivity index (χ0) is 16.6. The van der Waals surface area contributed by atoms with Gasteiger partial charge in [-0.25, -0.2) is 13.4 Å². The molecule has 4 nitrogen and oxygen atoms in total. The summed E-state index contributed by atoms with van der Waals surface area (Å²) in [5.74, 6) is 0. The predicted octanol–water partition coefficient (Wildman–Crippen LogP) is 4.19. The van der Waals surface area contributed by atoms with E-state index in [-0.39, 0.29) is 6.54 Å². The van der Waals surface area contributed by atoms with Gasteiger partial charge >= 0.3 is 0 Å². The first-order chi connectivity index (χ1) is 10.9. The molecule has 0 aliphatic heterocycles. The molecule has 0 unspecified atom stereocenters. The number of halogens is 1. The summed E-state index contributed by atoms with van der Waals surface area (Å²) in [6.07, 6.45) is 0. The molecule has 0 aliphatic rings. The topological polar surface area (TPSA) is 50.3 Å². The zero-order valence-electron chi connectivity index (χ0n) is 12.7. The van der Waals surface area contributed by atoms with Gasteiger partial charge in [-0.2, -0.15) is 4.31 Å². The molecule has 1 heterocycles. The van der Waals surface area contributed by atoms with Gasteiger partial charge in [0.15, 0.2) is 0 Å². The van der Waals surface area contributed by atoms with Crippen molar-refractivity contribution in [3.8, 4) is 0 Å². The van der Waals surface area contributed by atoms with Crippen molar-refractivity contribution in [2.45, 2.75) is 18.4 Å². The number of aryl methyl sites for hydroxylation is 1. The Balaban J connectivity index is 1.92. The first kappa shape index (κ1) is 16.6. The molecule has 3 rings (SSSR count). The quantitative estimate of drug-likeness (QED) is 0.647. The summed E-state index contributed by atoms with van der Waals surface area (Å²) in [7, 11) is -1.97. The summed E-state index contributed by atoms with van der Waals surface area (Å²) in [6.45, 7) is 2.05. The monoisotopic (exact) mass is 410 g/mol. The van der Waals surface area contributed by atoms with E-state index in [4.69, 9.17) is 0 Å². The van der Waals surface area contributed by atoms with E-state index in [9.17, 15) is 8.42 Å². The smallest absolute Gasteiger partial charge is 0.240 e. The number of aromatic nitrogens is 1. The number of benzene rings is 2. The normalized spacial score (nSPS) is 12.2. The highest BCUT2D eigenvalue weighted by Gasteiger charge is 2.24. The van der Waals surface area contributed by atoms with E-state index in [1.165, 1.54) is 15.6 Å². The summed E-state index contributed by atoms with van der Waals surface area (Å²) in [6, 6.07) is 13.1. The molecule has 0 saturated carbocycles. The van der Waals surface area contributed by atoms with Crippen LogP contribution in [0, 0.1) is 6.92 Å². The van der Waals surface area contributed by atoms with Crippen molar-refractivity contribution in [2.24, 2.45) is 0 Å². The molecule has 3 aromatic rings. The molecule has 0 fully saturated rings. The number of fused-ring (bicyclic) bond motifs is 1. The maximum Gasteiger partial charge on any atom is 0.243 e. The molecule has 0 saturated heterocycles. The Hall–Kier alpha value is -1.28. The Kier molecular flexibility index (Phi) is 4.55. The minimum Gasteiger partial charge on any atom is -0.240 e. The molecule has 0 spiro atoms. The molecule has 23 heavy (non-hydrogen) atoms. The fraction of sp³-hybridized carbons (Fsp3) is 0.188. The molecule has 0 amide bonds. The van der Waals surface area contributed by atoms with Crippen molar-refractivity contribution in [3.63, 3.8) is 0 Å². The molecular weight excluding hydrogens is 396 g/mol. The summed E-state index contributed by atoms with van der Waals surface area (Å²) in [5, 5.41) is 0.782. The van der Waals surface area contributed by atoms with Crippen LogP contribution in [0.4, 0.5) is 0 Å². The van der Waals surface area contributed by atoms with Gasteiger partial charge in [0, 0.05) is 11.5 Å². The summed E-state index contributed by atoms with van der Waals surface area (Å²) < 4.78 is 28.8. The molecule has 0 bridgehead atoms. The van der Waals surface area contributed by atoms with Crippen molar-refractivity contribution in [3.05, 3.63) is 57.5 Å². The summed E-state index contributed by atoms with van der Waals surface area (Å²) >= 11 is 4.85. The third kappa shape index (κ3) is 3.33. The Morgan fingerprint density at radius 1 is 1.22 bits per heavy atom. The third-order valence-corrected chi connectivity index (χ3v) is 6.99. The number of rotatable bonds is 4. The molecule has 0 radical (unpaired) electrons. The highest BCUT2D eigenvalue weighted by molar-refractivity contribution is 9.10. The maximum atomic E-state index is 12.8. The third-order valence-electron chi connectivity index (χ3n) is 3.53. The molecule has 0 N–H and O–H groups in total. The van der Waals surface area contributed by atoms with Crippen LogP contribution in [-0.4, -0.2) is 24.8 Å². The van der Waals surface area contributed by atoms with Crippen molar-refractivity contribution in [1.29, 1.82) is 0 Å². The van der Waals surface area contributed by atoms with E-state index in [1.807, 2.05) is 30.3 Å². The van der Waals surface area contributed by atoms with Gasteiger partial charge in [0.25, 0.3) is 0 Å². The Morgan fingerprint density at radius 3 is 2.70 bits per heavy atom. The van der Waals surface area contributed by atoms with Gasteiger partial charge in [0.1, 0.15) is 5.01 Å². The maximum absolute atomic E-state index is 12.8. The molecule has 0 aliphatic carbocycles. The largest absolute Gasteiger partial charge is 0.243 e. The van der Waals surface area contributed by atoms with Crippen molar-refractivity contribution in [1.82, 2.24) is 9.29 Å². The van der Waals surface area contributed by atoms with E-state index < -0.39 is 10.0 Å². The fourth-order valence-electron chi connectivity index (χ4n) is 2.28. The van der Waals surface area contributed by atoms with Crippen LogP contribution in [0.5, 0.6) is 0 Å². The molecule has 7 heteroatoms. The lowest BCUT2D eigenvalue weighted by molar-refractivity contribution is 0.465. The van der Waals surface area contributed by atoms with Gasteiger partial charge in [-0.15, -0.1) is 11.3 Å². The van der Waals surface area contributed by atoms with Crippen LogP contribution >= 0.6 is 27.3 Å². The Labute approximate surface area is 148 Å². The van der Waals surface area contributed by atoms with E-state index in [0.29, 0.717) is 4.90 Å². The Morgan fingerprint density at radius 2 is 1.96 bits per heavy atom. The van der Waals surface area contributed by atoms with Crippen LogP contribution < -0.4 is 0 Å². The number of sulfonamides is 1. The molecule has 120 valence electrons. The lowest BCUT2D eigenvalue weighted by Gasteiger charge is -2.17. The van der Waals surface area contributed by atoms with Crippen molar-refractivity contribution >= 4 is 47.5 Å². The van der Waals surface area contributed by atoms with Gasteiger partial charge in [-0.05, 0) is 36.8 Å². The molecular formula is C16H15BrN2O2S2. The minimum absolute atomic E-state index is 0.258. The van der Waals surface area contributed by atoms with Crippen molar-refractivity contribution < 1.29 is 8.42 Å². The first-order valence-corrected chi connectivity index (χ1v) is 10.00. The van der Waals surface area contributed by atoms with Gasteiger partial charge < -0.3 is 0 Å². The van der Waals surface area contributed by atoms with E-state index in [0.717, 1.165) is 25.3 Å². The second-order valence-electron chi connectivity index (χ2n) is 5.25. The standard InChI is InChI=1S/C16H15BrN2O2S2/c1-11-7-8-12(17)9-15(11)23(20,21)19(2)10-16-18-13-5-3-4-6-14(13)22-16/h3-9H,10H2,1-2H3. The highest BCUT2D eigenvalue weighted by atomic mass is 79.9. The average molecular weight is 411 g/mol. The zero-order valence-corrected chi connectivity index (χ0v) is 15.9. The molecule has 1 aromatic heterocycles. The average Bonchev–Trinajstić information content (AvgIpc) is 2.91. The lowest BCUT2D eigenvalue weighted by atomic mass is 10.2. The van der Waals surface area contributed by atoms with E-state index in [2.05, 4.69) is 20.9 Å². The Bertz CT molecular complexity index is 934. The number of para-hydroxylation sites is 1. The van der Waals surface area contributed by atoms with Gasteiger partial charge in [0.2, 0.25) is 10.0 Å². The van der Waals surface area contributed by atoms with Crippen LogP contribution in [-0.2, 0) is 16.6 Å². The van der Waals surface area contributed by atoms with Crippen LogP contribution in [0.3, 0.4) is 0 Å². The van der Waals surface area contributed by atoms with Crippen LogP contribution in [0.1, 0.15) is 10.6 Å². The predicted molar refractivity (Wildman–Crippen MR) is 97.2 cm³/mol. The van der Waals surface area contributed by atoms with Crippen LogP contribution in [0.25, 0.3) is 10.2 Å². The van der Waals surface area contributed by atoms with Gasteiger partial charge in [-0.3, -0.25) is 0 Å². The minimum atomic E-state index is -3.56. The summed E-state index contributed by atoms with van der Waals surface area (Å²) in [4.78, 5) is 4.82. The molecule has 2 aromatic carbocycles. The lowest BCUT2D eigenvalue weighted by Crippen LogP contribution is -2.27. The fourth-order valence-corrected chi connectivity index (χ4v) is 5.28. The van der Waals surface area contributed by atoms with Gasteiger partial charge in [0.05, 0.1) is 21.7 Å². The second kappa shape index (κ2) is 6.32. The SMILES string of the molecule is Cc1ccc(Br)cc1S(=O)(=O)N(C)Cc1nc2ccccc2s1. The van der Waals surface area contributed by atoms with Crippen molar-refractivity contribution in [2.75, 3.05) is 7.05 Å². The number of hydrogen-bond donors (Lipinski definition) is 0. The van der Waals surface area contributed by atoms with Crippen LogP contribution in [0.15, 0.2) is 51.8 Å². The van der Waals surface area contributed by atoms with Crippen LogP contribution in [0.2, 0.25) is 0 Å². The number of hydrogen-bond acceptors (Lipinski definition) is 4. The molecule has 0 atom stereocenters. The van der Waals surface area contributed by atoms with Gasteiger partial charge in [-0.1, -0.05) is 34.1 Å². The summed E-state index contributed by atoms with van der Waals surface area (Å²) in [5.41, 5.74) is 1.63.